The second kappa shape index (κ2) is 14.1. The zero-order valence-electron chi connectivity index (χ0n) is 24.1. The van der Waals surface area contributed by atoms with Crippen molar-refractivity contribution in [1.82, 2.24) is 10.2 Å². The number of rotatable bonds is 12. The minimum atomic E-state index is -4.89. The van der Waals surface area contributed by atoms with E-state index in [9.17, 15) is 31.2 Å². The second-order valence-electron chi connectivity index (χ2n) is 9.85. The van der Waals surface area contributed by atoms with Gasteiger partial charge >= 0.3 is 6.18 Å². The third kappa shape index (κ3) is 8.41. The van der Waals surface area contributed by atoms with Crippen LogP contribution in [-0.2, 0) is 32.3 Å². The molecule has 0 aromatic heterocycles. The van der Waals surface area contributed by atoms with E-state index in [2.05, 4.69) is 5.32 Å². The molecule has 3 aromatic carbocycles. The Hall–Kier alpha value is -3.77. The Balaban J connectivity index is 2.11. The van der Waals surface area contributed by atoms with Crippen molar-refractivity contribution < 1.29 is 35.9 Å². The van der Waals surface area contributed by atoms with Crippen LogP contribution in [0.5, 0.6) is 5.75 Å². The summed E-state index contributed by atoms with van der Waals surface area (Å²) in [5.74, 6) is -0.803. The van der Waals surface area contributed by atoms with Crippen LogP contribution in [0.25, 0.3) is 0 Å². The van der Waals surface area contributed by atoms with E-state index in [1.807, 2.05) is 6.92 Å². The Morgan fingerprint density at radius 2 is 1.67 bits per heavy atom. The van der Waals surface area contributed by atoms with Crippen molar-refractivity contribution in [3.05, 3.63) is 88.9 Å². The van der Waals surface area contributed by atoms with Crippen molar-refractivity contribution in [2.45, 2.75) is 56.9 Å². The largest absolute Gasteiger partial charge is 0.497 e. The molecule has 3 aromatic rings. The fourth-order valence-electron chi connectivity index (χ4n) is 4.15. The van der Waals surface area contributed by atoms with Crippen LogP contribution in [0.1, 0.15) is 38.3 Å². The van der Waals surface area contributed by atoms with Crippen LogP contribution in [0, 0.1) is 0 Å². The van der Waals surface area contributed by atoms with Gasteiger partial charge in [-0.3, -0.25) is 13.9 Å². The van der Waals surface area contributed by atoms with Crippen molar-refractivity contribution >= 4 is 39.1 Å². The molecule has 0 spiro atoms. The fraction of sp³-hybridized carbons (Fsp3) is 0.333. The smallest absolute Gasteiger partial charge is 0.417 e. The van der Waals surface area contributed by atoms with Crippen molar-refractivity contribution in [3.8, 4) is 5.75 Å². The Kier molecular flexibility index (Phi) is 11.1. The number of amides is 2. The molecule has 8 nitrogen and oxygen atoms in total. The molecule has 43 heavy (non-hydrogen) atoms. The molecule has 0 aliphatic heterocycles. The molecule has 0 aliphatic rings. The number of nitrogens with one attached hydrogen (secondary N) is 1. The van der Waals surface area contributed by atoms with E-state index in [-0.39, 0.29) is 17.5 Å². The van der Waals surface area contributed by atoms with Crippen molar-refractivity contribution in [3.63, 3.8) is 0 Å². The predicted octanol–water partition coefficient (Wildman–Crippen LogP) is 5.89. The summed E-state index contributed by atoms with van der Waals surface area (Å²) in [6, 6.07) is 15.1. The molecular weight excluding hydrogens is 607 g/mol. The molecule has 0 unspecified atom stereocenters. The molecule has 0 heterocycles. The van der Waals surface area contributed by atoms with Crippen molar-refractivity contribution in [1.29, 1.82) is 0 Å². The van der Waals surface area contributed by atoms with E-state index >= 15 is 0 Å². The van der Waals surface area contributed by atoms with Gasteiger partial charge < -0.3 is 15.0 Å². The Labute approximate surface area is 254 Å². The lowest BCUT2D eigenvalue weighted by Gasteiger charge is -2.32. The number of sulfonamides is 1. The van der Waals surface area contributed by atoms with E-state index in [0.29, 0.717) is 28.1 Å². The van der Waals surface area contributed by atoms with Gasteiger partial charge in [-0.15, -0.1) is 0 Å². The number of alkyl halides is 3. The van der Waals surface area contributed by atoms with E-state index in [1.165, 1.54) is 43.2 Å². The quantitative estimate of drug-likeness (QED) is 0.267. The SMILES string of the molecule is CC[C@@H](C)NC(=O)[C@@H](C)N(Cc1cccc(OC)c1)C(=O)CN(c1ccc(Cl)c(C(F)(F)F)c1)S(=O)(=O)c1ccccc1. The minimum absolute atomic E-state index is 0.112. The number of carbonyl (C=O) groups is 2. The summed E-state index contributed by atoms with van der Waals surface area (Å²) in [5.41, 5.74) is -1.10. The molecule has 3 rings (SSSR count). The van der Waals surface area contributed by atoms with Gasteiger partial charge in [-0.2, -0.15) is 13.2 Å². The molecule has 2 amide bonds. The number of carbonyl (C=O) groups excluding carboxylic acids is 2. The normalized spacial score (nSPS) is 13.1. The third-order valence-electron chi connectivity index (χ3n) is 6.81. The van der Waals surface area contributed by atoms with E-state index in [1.54, 1.807) is 37.3 Å². The number of methoxy groups -OCH3 is 1. The summed E-state index contributed by atoms with van der Waals surface area (Å²) in [6.45, 7) is 4.16. The third-order valence-corrected chi connectivity index (χ3v) is 8.93. The molecule has 1 N–H and O–H groups in total. The topological polar surface area (TPSA) is 96.0 Å². The maximum Gasteiger partial charge on any atom is 0.417 e. The van der Waals surface area contributed by atoms with Gasteiger partial charge in [-0.1, -0.05) is 48.9 Å². The van der Waals surface area contributed by atoms with Gasteiger partial charge in [0.25, 0.3) is 10.0 Å². The van der Waals surface area contributed by atoms with Crippen LogP contribution in [0.4, 0.5) is 18.9 Å². The van der Waals surface area contributed by atoms with E-state index < -0.39 is 56.9 Å². The molecule has 0 saturated heterocycles. The van der Waals surface area contributed by atoms with E-state index in [4.69, 9.17) is 16.3 Å². The van der Waals surface area contributed by atoms with Gasteiger partial charge in [0.1, 0.15) is 18.3 Å². The predicted molar refractivity (Wildman–Crippen MR) is 158 cm³/mol. The number of ether oxygens (including phenoxy) is 1. The number of halogens is 4. The lowest BCUT2D eigenvalue weighted by atomic mass is 10.1. The maximum atomic E-state index is 14.0. The van der Waals surface area contributed by atoms with Crippen LogP contribution < -0.4 is 14.4 Å². The maximum absolute atomic E-state index is 14.0. The van der Waals surface area contributed by atoms with Crippen LogP contribution in [0.15, 0.2) is 77.7 Å². The highest BCUT2D eigenvalue weighted by Gasteiger charge is 2.37. The van der Waals surface area contributed by atoms with Crippen LogP contribution in [0.3, 0.4) is 0 Å². The molecule has 0 bridgehead atoms. The fourth-order valence-corrected chi connectivity index (χ4v) is 5.80. The van der Waals surface area contributed by atoms with Crippen LogP contribution >= 0.6 is 11.6 Å². The monoisotopic (exact) mass is 639 g/mol. The van der Waals surface area contributed by atoms with Crippen molar-refractivity contribution in [2.75, 3.05) is 18.0 Å². The molecule has 0 fully saturated rings. The van der Waals surface area contributed by atoms with Gasteiger partial charge in [-0.25, -0.2) is 8.42 Å². The first-order valence-electron chi connectivity index (χ1n) is 13.4. The Morgan fingerprint density at radius 3 is 2.28 bits per heavy atom. The Morgan fingerprint density at radius 1 is 1.00 bits per heavy atom. The van der Waals surface area contributed by atoms with Gasteiger partial charge in [-0.05, 0) is 68.3 Å². The van der Waals surface area contributed by atoms with Gasteiger partial charge in [0.15, 0.2) is 0 Å². The van der Waals surface area contributed by atoms with E-state index in [0.717, 1.165) is 12.1 Å². The van der Waals surface area contributed by atoms with Crippen LogP contribution in [0.2, 0.25) is 5.02 Å². The molecule has 2 atom stereocenters. The average molecular weight is 640 g/mol. The minimum Gasteiger partial charge on any atom is -0.497 e. The Bertz CT molecular complexity index is 1540. The second-order valence-corrected chi connectivity index (χ2v) is 12.1. The highest BCUT2D eigenvalue weighted by molar-refractivity contribution is 7.92. The summed E-state index contributed by atoms with van der Waals surface area (Å²) in [7, 11) is -3.09. The van der Waals surface area contributed by atoms with Crippen molar-refractivity contribution in [2.24, 2.45) is 0 Å². The number of nitrogens with zero attached hydrogens (tertiary/aromatic N) is 2. The molecule has 0 radical (unpaired) electrons. The molecule has 13 heteroatoms. The van der Waals surface area contributed by atoms with Gasteiger partial charge in [0.05, 0.1) is 28.3 Å². The number of anilines is 1. The molecular formula is C30H33ClF3N3O5S. The lowest BCUT2D eigenvalue weighted by Crippen LogP contribution is -2.52. The van der Waals surface area contributed by atoms with Gasteiger partial charge in [0.2, 0.25) is 11.8 Å². The molecule has 0 aliphatic carbocycles. The number of hydrogen-bond acceptors (Lipinski definition) is 5. The average Bonchev–Trinajstić information content (AvgIpc) is 2.98. The van der Waals surface area contributed by atoms with Gasteiger partial charge in [0, 0.05) is 12.6 Å². The molecule has 232 valence electrons. The first kappa shape index (κ1) is 33.7. The molecule has 0 saturated carbocycles. The standard InChI is InChI=1S/C30H33ClF3N3O5S/c1-5-20(2)35-29(39)21(3)36(18-22-10-9-11-24(16-22)42-4)28(38)19-37(43(40,41)25-12-7-6-8-13-25)23-14-15-27(31)26(17-23)30(32,33)34/h6-17,20-21H,5,18-19H2,1-4H3,(H,35,39)/t20-,21-/m1/s1. The summed E-state index contributed by atoms with van der Waals surface area (Å²) >= 11 is 5.80. The number of hydrogen-bond donors (Lipinski definition) is 1. The summed E-state index contributed by atoms with van der Waals surface area (Å²) in [5, 5.41) is 2.19. The number of benzene rings is 3. The summed E-state index contributed by atoms with van der Waals surface area (Å²) in [4.78, 5) is 28.0. The first-order valence-corrected chi connectivity index (χ1v) is 15.2. The summed E-state index contributed by atoms with van der Waals surface area (Å²) < 4.78 is 74.7. The summed E-state index contributed by atoms with van der Waals surface area (Å²) in [6.07, 6.45) is -4.26. The van der Waals surface area contributed by atoms with Crippen LogP contribution in [-0.4, -0.2) is 50.9 Å². The zero-order chi connectivity index (χ0) is 31.9. The highest BCUT2D eigenvalue weighted by atomic mass is 35.5. The zero-order valence-corrected chi connectivity index (χ0v) is 25.6. The highest BCUT2D eigenvalue weighted by Crippen LogP contribution is 2.38. The first-order chi connectivity index (χ1) is 20.2. The lowest BCUT2D eigenvalue weighted by molar-refractivity contribution is -0.139.